The first kappa shape index (κ1) is 18.2. The maximum Gasteiger partial charge on any atom is 0.336 e. The highest BCUT2D eigenvalue weighted by Crippen LogP contribution is 2.40. The summed E-state index contributed by atoms with van der Waals surface area (Å²) in [5.74, 6) is -2.53. The number of hydrogen-bond acceptors (Lipinski definition) is 5. The van der Waals surface area contributed by atoms with Crippen molar-refractivity contribution in [2.45, 2.75) is 37.6 Å². The predicted molar refractivity (Wildman–Crippen MR) is 93.4 cm³/mol. The molecule has 1 aromatic rings. The lowest BCUT2D eigenvalue weighted by atomic mass is 9.82. The number of halogens is 1. The van der Waals surface area contributed by atoms with Gasteiger partial charge in [-0.2, -0.15) is 0 Å². The number of nitrogens with zero attached hydrogens (tertiary/aromatic N) is 1. The first-order valence-electron chi connectivity index (χ1n) is 8.68. The van der Waals surface area contributed by atoms with Gasteiger partial charge in [-0.25, -0.2) is 14.0 Å². The Labute approximate surface area is 152 Å². The minimum atomic E-state index is -0.867. The van der Waals surface area contributed by atoms with Gasteiger partial charge in [0, 0.05) is 24.0 Å². The van der Waals surface area contributed by atoms with Crippen molar-refractivity contribution in [1.29, 1.82) is 0 Å². The molecule has 2 aliphatic rings. The van der Waals surface area contributed by atoms with Gasteiger partial charge >= 0.3 is 11.9 Å². The Morgan fingerprint density at radius 2 is 1.54 bits per heavy atom. The largest absolute Gasteiger partial charge is 0.466 e. The van der Waals surface area contributed by atoms with Gasteiger partial charge in [0.1, 0.15) is 5.82 Å². The van der Waals surface area contributed by atoms with E-state index in [1.807, 2.05) is 4.90 Å². The Kier molecular flexibility index (Phi) is 5.40. The van der Waals surface area contributed by atoms with Crippen molar-refractivity contribution in [3.8, 4) is 0 Å². The molecule has 1 aliphatic carbocycles. The van der Waals surface area contributed by atoms with Crippen molar-refractivity contribution in [3.63, 3.8) is 0 Å². The van der Waals surface area contributed by atoms with Crippen LogP contribution >= 0.6 is 0 Å². The summed E-state index contributed by atoms with van der Waals surface area (Å²) in [6.07, 6.45) is 7.51. The SMILES string of the molecule is COC(=O)C1=CN(C2CCCC2)C=C(C(=O)OC)C1c1ccccc1F. The number of carbonyl (C=O) groups is 2. The summed E-state index contributed by atoms with van der Waals surface area (Å²) >= 11 is 0. The summed E-state index contributed by atoms with van der Waals surface area (Å²) in [7, 11) is 2.55. The Morgan fingerprint density at radius 1 is 1.00 bits per heavy atom. The van der Waals surface area contributed by atoms with Crippen LogP contribution in [0.5, 0.6) is 0 Å². The van der Waals surface area contributed by atoms with Crippen LogP contribution in [0.4, 0.5) is 4.39 Å². The molecule has 0 unspecified atom stereocenters. The van der Waals surface area contributed by atoms with E-state index in [0.29, 0.717) is 0 Å². The molecule has 26 heavy (non-hydrogen) atoms. The molecule has 0 N–H and O–H groups in total. The highest BCUT2D eigenvalue weighted by Gasteiger charge is 2.38. The zero-order chi connectivity index (χ0) is 18.7. The van der Waals surface area contributed by atoms with Crippen LogP contribution in [0.25, 0.3) is 0 Å². The highest BCUT2D eigenvalue weighted by atomic mass is 19.1. The van der Waals surface area contributed by atoms with Crippen LogP contribution < -0.4 is 0 Å². The summed E-state index contributed by atoms with van der Waals surface area (Å²) in [6, 6.07) is 6.32. The summed E-state index contributed by atoms with van der Waals surface area (Å²) in [6.45, 7) is 0. The highest BCUT2D eigenvalue weighted by molar-refractivity contribution is 5.98. The van der Waals surface area contributed by atoms with E-state index >= 15 is 0 Å². The average molecular weight is 359 g/mol. The van der Waals surface area contributed by atoms with Crippen LogP contribution in [0.1, 0.15) is 37.2 Å². The first-order chi connectivity index (χ1) is 12.6. The standard InChI is InChI=1S/C20H22FNO4/c1-25-19(23)15-11-22(13-7-3-4-8-13)12-16(20(24)26-2)18(15)14-9-5-6-10-17(14)21/h5-6,9-13,18H,3-4,7-8H2,1-2H3. The van der Waals surface area contributed by atoms with Crippen LogP contribution in [0, 0.1) is 5.82 Å². The average Bonchev–Trinajstić information content (AvgIpc) is 3.21. The monoisotopic (exact) mass is 359 g/mol. The number of benzene rings is 1. The van der Waals surface area contributed by atoms with E-state index in [0.717, 1.165) is 25.7 Å². The normalized spacial score (nSPS) is 18.3. The van der Waals surface area contributed by atoms with Crippen molar-refractivity contribution in [1.82, 2.24) is 4.90 Å². The van der Waals surface area contributed by atoms with Gasteiger partial charge < -0.3 is 14.4 Å². The smallest absolute Gasteiger partial charge is 0.336 e. The molecule has 3 rings (SSSR count). The van der Waals surface area contributed by atoms with Crippen molar-refractivity contribution in [2.75, 3.05) is 14.2 Å². The third kappa shape index (κ3) is 3.36. The van der Waals surface area contributed by atoms with Crippen molar-refractivity contribution >= 4 is 11.9 Å². The molecule has 138 valence electrons. The molecular formula is C20H22FNO4. The van der Waals surface area contributed by atoms with E-state index in [4.69, 9.17) is 9.47 Å². The molecule has 0 bridgehead atoms. The fourth-order valence-corrected chi connectivity index (χ4v) is 3.71. The van der Waals surface area contributed by atoms with E-state index in [2.05, 4.69) is 0 Å². The molecule has 5 nitrogen and oxygen atoms in total. The van der Waals surface area contributed by atoms with Gasteiger partial charge in [-0.05, 0) is 18.9 Å². The fourth-order valence-electron chi connectivity index (χ4n) is 3.71. The lowest BCUT2D eigenvalue weighted by molar-refractivity contribution is -0.137. The van der Waals surface area contributed by atoms with Crippen LogP contribution in [-0.4, -0.2) is 37.1 Å². The number of esters is 2. The summed E-state index contributed by atoms with van der Waals surface area (Å²) < 4.78 is 24.3. The van der Waals surface area contributed by atoms with E-state index in [1.54, 1.807) is 30.6 Å². The Morgan fingerprint density at radius 3 is 2.04 bits per heavy atom. The molecule has 0 atom stereocenters. The maximum atomic E-state index is 14.5. The van der Waals surface area contributed by atoms with Crippen LogP contribution in [0.3, 0.4) is 0 Å². The summed E-state index contributed by atoms with van der Waals surface area (Å²) in [5, 5.41) is 0. The second-order valence-electron chi connectivity index (χ2n) is 6.49. The minimum Gasteiger partial charge on any atom is -0.466 e. The molecule has 1 saturated carbocycles. The van der Waals surface area contributed by atoms with E-state index in [9.17, 15) is 14.0 Å². The molecule has 1 heterocycles. The Hall–Kier alpha value is -2.63. The molecule has 0 spiro atoms. The van der Waals surface area contributed by atoms with Gasteiger partial charge in [0.15, 0.2) is 0 Å². The molecule has 1 fully saturated rings. The van der Waals surface area contributed by atoms with Gasteiger partial charge in [0.05, 0.1) is 31.3 Å². The lowest BCUT2D eigenvalue weighted by Gasteiger charge is -2.33. The van der Waals surface area contributed by atoms with E-state index in [1.165, 1.54) is 20.3 Å². The van der Waals surface area contributed by atoms with Gasteiger partial charge in [-0.1, -0.05) is 31.0 Å². The quantitative estimate of drug-likeness (QED) is 0.772. The zero-order valence-corrected chi connectivity index (χ0v) is 14.9. The molecule has 0 radical (unpaired) electrons. The van der Waals surface area contributed by atoms with Crippen molar-refractivity contribution in [3.05, 3.63) is 59.2 Å². The first-order valence-corrected chi connectivity index (χ1v) is 8.68. The third-order valence-electron chi connectivity index (χ3n) is 5.00. The molecule has 1 aliphatic heterocycles. The van der Waals surface area contributed by atoms with Crippen molar-refractivity contribution in [2.24, 2.45) is 0 Å². The third-order valence-corrected chi connectivity index (χ3v) is 5.00. The number of methoxy groups -OCH3 is 2. The fraction of sp³-hybridized carbons (Fsp3) is 0.400. The van der Waals surface area contributed by atoms with E-state index in [-0.39, 0.29) is 22.8 Å². The Bertz CT molecular complexity index is 731. The van der Waals surface area contributed by atoms with Crippen LogP contribution in [0.2, 0.25) is 0 Å². The molecule has 0 saturated heterocycles. The maximum absolute atomic E-state index is 14.5. The number of hydrogen-bond donors (Lipinski definition) is 0. The zero-order valence-electron chi connectivity index (χ0n) is 14.9. The van der Waals surface area contributed by atoms with Gasteiger partial charge in [0.2, 0.25) is 0 Å². The lowest BCUT2D eigenvalue weighted by Crippen LogP contribution is -2.33. The molecule has 1 aromatic carbocycles. The topological polar surface area (TPSA) is 55.8 Å². The molecular weight excluding hydrogens is 337 g/mol. The predicted octanol–water partition coefficient (Wildman–Crippen LogP) is 3.28. The summed E-state index contributed by atoms with van der Waals surface area (Å²) in [4.78, 5) is 26.8. The number of ether oxygens (including phenoxy) is 2. The second kappa shape index (κ2) is 7.72. The molecule has 0 aromatic heterocycles. The van der Waals surface area contributed by atoms with Crippen LogP contribution in [0.15, 0.2) is 47.8 Å². The minimum absolute atomic E-state index is 0.205. The van der Waals surface area contributed by atoms with Gasteiger partial charge in [-0.3, -0.25) is 0 Å². The van der Waals surface area contributed by atoms with Gasteiger partial charge in [0.25, 0.3) is 0 Å². The van der Waals surface area contributed by atoms with Crippen LogP contribution in [-0.2, 0) is 19.1 Å². The van der Waals surface area contributed by atoms with E-state index < -0.39 is 23.7 Å². The van der Waals surface area contributed by atoms with Gasteiger partial charge in [-0.15, -0.1) is 0 Å². The Balaban J connectivity index is 2.12. The second-order valence-corrected chi connectivity index (χ2v) is 6.49. The molecule has 6 heteroatoms. The number of rotatable bonds is 4. The number of carbonyl (C=O) groups excluding carboxylic acids is 2. The van der Waals surface area contributed by atoms with Crippen molar-refractivity contribution < 1.29 is 23.5 Å². The molecule has 0 amide bonds. The summed E-state index contributed by atoms with van der Waals surface area (Å²) in [5.41, 5.74) is 0.701.